The minimum absolute atomic E-state index is 0.0627. The fourth-order valence-electron chi connectivity index (χ4n) is 3.18. The van der Waals surface area contributed by atoms with Gasteiger partial charge in [0.25, 0.3) is 0 Å². The lowest BCUT2D eigenvalue weighted by molar-refractivity contribution is 0.443. The number of rotatable bonds is 3. The summed E-state index contributed by atoms with van der Waals surface area (Å²) in [6.45, 7) is 0.448. The molecule has 0 aromatic heterocycles. The SMILES string of the molecule is N=C(N)C1CCCN1S(=O)(=O)c1ccc2c(c1)CCC2. The number of nitrogens with two attached hydrogens (primary N) is 1. The number of nitrogens with zero attached hydrogens (tertiary/aromatic N) is 1. The third-order valence-electron chi connectivity index (χ3n) is 4.24. The van der Waals surface area contributed by atoms with Crippen molar-refractivity contribution in [3.63, 3.8) is 0 Å². The molecule has 20 heavy (non-hydrogen) atoms. The summed E-state index contributed by atoms with van der Waals surface area (Å²) in [5.41, 5.74) is 7.93. The van der Waals surface area contributed by atoms with Crippen molar-refractivity contribution in [3.8, 4) is 0 Å². The van der Waals surface area contributed by atoms with E-state index in [1.54, 1.807) is 12.1 Å². The first-order valence-corrected chi connectivity index (χ1v) is 8.42. The Labute approximate surface area is 119 Å². The summed E-state index contributed by atoms with van der Waals surface area (Å²) in [5, 5.41) is 7.56. The lowest BCUT2D eigenvalue weighted by atomic mass is 10.1. The Bertz CT molecular complexity index is 654. The van der Waals surface area contributed by atoms with Crippen molar-refractivity contribution < 1.29 is 8.42 Å². The van der Waals surface area contributed by atoms with E-state index >= 15 is 0 Å². The molecule has 1 heterocycles. The maximum absolute atomic E-state index is 12.7. The molecule has 0 amide bonds. The Morgan fingerprint density at radius 1 is 1.25 bits per heavy atom. The van der Waals surface area contributed by atoms with Gasteiger partial charge in [-0.2, -0.15) is 4.31 Å². The summed E-state index contributed by atoms with van der Waals surface area (Å²) in [4.78, 5) is 0.339. The minimum Gasteiger partial charge on any atom is -0.386 e. The highest BCUT2D eigenvalue weighted by molar-refractivity contribution is 7.89. The molecule has 1 unspecified atom stereocenters. The summed E-state index contributed by atoms with van der Waals surface area (Å²) < 4.78 is 26.8. The third kappa shape index (κ3) is 2.13. The number of sulfonamides is 1. The molecule has 0 bridgehead atoms. The Kier molecular flexibility index (Phi) is 3.30. The average Bonchev–Trinajstić information content (AvgIpc) is 3.06. The van der Waals surface area contributed by atoms with Crippen LogP contribution in [0, 0.1) is 5.41 Å². The molecule has 1 atom stereocenters. The normalized spacial score (nSPS) is 22.9. The van der Waals surface area contributed by atoms with Crippen molar-refractivity contribution >= 4 is 15.9 Å². The molecular formula is C14H19N3O2S. The van der Waals surface area contributed by atoms with Crippen LogP contribution in [0.1, 0.15) is 30.4 Å². The second-order valence-electron chi connectivity index (χ2n) is 5.51. The molecule has 6 heteroatoms. The van der Waals surface area contributed by atoms with E-state index in [4.69, 9.17) is 11.1 Å². The van der Waals surface area contributed by atoms with Gasteiger partial charge in [0.05, 0.1) is 10.9 Å². The van der Waals surface area contributed by atoms with Crippen LogP contribution in [0.15, 0.2) is 23.1 Å². The summed E-state index contributed by atoms with van der Waals surface area (Å²) >= 11 is 0. The van der Waals surface area contributed by atoms with Gasteiger partial charge in [-0.25, -0.2) is 8.42 Å². The number of amidine groups is 1. The van der Waals surface area contributed by atoms with Gasteiger partial charge in [0.15, 0.2) is 0 Å². The van der Waals surface area contributed by atoms with Crippen LogP contribution >= 0.6 is 0 Å². The van der Waals surface area contributed by atoms with E-state index in [-0.39, 0.29) is 5.84 Å². The molecule has 0 saturated carbocycles. The van der Waals surface area contributed by atoms with E-state index in [0.717, 1.165) is 31.2 Å². The molecule has 0 spiro atoms. The smallest absolute Gasteiger partial charge is 0.243 e. The Hall–Kier alpha value is -1.40. The standard InChI is InChI=1S/C14H19N3O2S/c15-14(16)13-5-2-8-17(13)20(18,19)12-7-6-10-3-1-4-11(10)9-12/h6-7,9,13H,1-5,8H2,(H3,15,16). The van der Waals surface area contributed by atoms with E-state index in [1.807, 2.05) is 6.07 Å². The van der Waals surface area contributed by atoms with Crippen molar-refractivity contribution in [1.82, 2.24) is 4.31 Å². The molecule has 108 valence electrons. The predicted octanol–water partition coefficient (Wildman–Crippen LogP) is 1.26. The monoisotopic (exact) mass is 293 g/mol. The van der Waals surface area contributed by atoms with Gasteiger partial charge in [-0.1, -0.05) is 6.07 Å². The Morgan fingerprint density at radius 2 is 2.00 bits per heavy atom. The van der Waals surface area contributed by atoms with Crippen LogP contribution in [0.2, 0.25) is 0 Å². The number of hydrogen-bond donors (Lipinski definition) is 2. The van der Waals surface area contributed by atoms with Crippen LogP contribution < -0.4 is 5.73 Å². The zero-order valence-corrected chi connectivity index (χ0v) is 12.1. The number of aryl methyl sites for hydroxylation is 2. The first kappa shape index (κ1) is 13.6. The molecule has 0 radical (unpaired) electrons. The summed E-state index contributed by atoms with van der Waals surface area (Å²) in [5.74, 6) is -0.0627. The predicted molar refractivity (Wildman–Crippen MR) is 77.3 cm³/mol. The molecule has 1 aromatic carbocycles. The lowest BCUT2D eigenvalue weighted by Crippen LogP contribution is -2.43. The van der Waals surface area contributed by atoms with Crippen LogP contribution in [-0.2, 0) is 22.9 Å². The fourth-order valence-corrected chi connectivity index (χ4v) is 4.91. The van der Waals surface area contributed by atoms with Crippen molar-refractivity contribution in [2.24, 2.45) is 5.73 Å². The van der Waals surface area contributed by atoms with Gasteiger partial charge in [0, 0.05) is 6.54 Å². The van der Waals surface area contributed by atoms with Gasteiger partial charge in [0.1, 0.15) is 5.84 Å². The van der Waals surface area contributed by atoms with Crippen LogP contribution in [0.4, 0.5) is 0 Å². The van der Waals surface area contributed by atoms with E-state index in [9.17, 15) is 8.42 Å². The summed E-state index contributed by atoms with van der Waals surface area (Å²) in [7, 11) is -3.54. The van der Waals surface area contributed by atoms with Crippen molar-refractivity contribution in [2.75, 3.05) is 6.54 Å². The van der Waals surface area contributed by atoms with Gasteiger partial charge < -0.3 is 5.73 Å². The van der Waals surface area contributed by atoms with E-state index in [1.165, 1.54) is 9.87 Å². The molecule has 1 aliphatic heterocycles. The maximum atomic E-state index is 12.7. The molecule has 3 N–H and O–H groups in total. The highest BCUT2D eigenvalue weighted by Crippen LogP contribution is 2.29. The van der Waals surface area contributed by atoms with Gasteiger partial charge in [-0.05, 0) is 55.4 Å². The zero-order chi connectivity index (χ0) is 14.3. The molecule has 1 aliphatic carbocycles. The van der Waals surface area contributed by atoms with Crippen molar-refractivity contribution in [3.05, 3.63) is 29.3 Å². The molecule has 5 nitrogen and oxygen atoms in total. The topological polar surface area (TPSA) is 87.2 Å². The van der Waals surface area contributed by atoms with Crippen LogP contribution in [0.5, 0.6) is 0 Å². The molecule has 1 saturated heterocycles. The first-order chi connectivity index (χ1) is 9.50. The quantitative estimate of drug-likeness (QED) is 0.650. The van der Waals surface area contributed by atoms with E-state index < -0.39 is 16.1 Å². The van der Waals surface area contributed by atoms with Gasteiger partial charge in [-0.3, -0.25) is 5.41 Å². The van der Waals surface area contributed by atoms with Crippen molar-refractivity contribution in [2.45, 2.75) is 43.0 Å². The minimum atomic E-state index is -3.54. The number of nitrogens with one attached hydrogen (secondary N) is 1. The molecule has 2 aliphatic rings. The summed E-state index contributed by atoms with van der Waals surface area (Å²) in [6.07, 6.45) is 4.48. The van der Waals surface area contributed by atoms with Crippen molar-refractivity contribution in [1.29, 1.82) is 5.41 Å². The van der Waals surface area contributed by atoms with Gasteiger partial charge in [0.2, 0.25) is 10.0 Å². The van der Waals surface area contributed by atoms with Crippen LogP contribution in [0.3, 0.4) is 0 Å². The zero-order valence-electron chi connectivity index (χ0n) is 11.3. The maximum Gasteiger partial charge on any atom is 0.243 e. The van der Waals surface area contributed by atoms with Crippen LogP contribution in [-0.4, -0.2) is 31.1 Å². The summed E-state index contributed by atoms with van der Waals surface area (Å²) in [6, 6.07) is 4.93. The first-order valence-electron chi connectivity index (χ1n) is 6.98. The van der Waals surface area contributed by atoms with E-state index in [0.29, 0.717) is 17.9 Å². The molecule has 3 rings (SSSR count). The highest BCUT2D eigenvalue weighted by Gasteiger charge is 2.37. The second kappa shape index (κ2) is 4.86. The molecule has 1 aromatic rings. The fraction of sp³-hybridized carbons (Fsp3) is 0.500. The van der Waals surface area contributed by atoms with E-state index in [2.05, 4.69) is 0 Å². The largest absolute Gasteiger partial charge is 0.386 e. The third-order valence-corrected chi connectivity index (χ3v) is 6.14. The molecular weight excluding hydrogens is 274 g/mol. The Balaban J connectivity index is 1.97. The van der Waals surface area contributed by atoms with Crippen LogP contribution in [0.25, 0.3) is 0 Å². The Morgan fingerprint density at radius 3 is 2.75 bits per heavy atom. The number of hydrogen-bond acceptors (Lipinski definition) is 3. The van der Waals surface area contributed by atoms with Gasteiger partial charge >= 0.3 is 0 Å². The average molecular weight is 293 g/mol. The lowest BCUT2D eigenvalue weighted by Gasteiger charge is -2.23. The number of fused-ring (bicyclic) bond motifs is 1. The number of benzene rings is 1. The van der Waals surface area contributed by atoms with Gasteiger partial charge in [-0.15, -0.1) is 0 Å². The highest BCUT2D eigenvalue weighted by atomic mass is 32.2. The molecule has 1 fully saturated rings. The second-order valence-corrected chi connectivity index (χ2v) is 7.40.